The van der Waals surface area contributed by atoms with Gasteiger partial charge in [-0.25, -0.2) is 13.6 Å². The van der Waals surface area contributed by atoms with Crippen molar-refractivity contribution >= 4 is 27.3 Å². The molecule has 3 N–H and O–H groups in total. The highest BCUT2D eigenvalue weighted by Crippen LogP contribution is 2.19. The molecule has 0 bridgehead atoms. The maximum absolute atomic E-state index is 11.5. The standard InChI is InChI=1S/C11H18N2O4S2/c1-11(2,3)17-7-9(14)13-6-8-4-5-10(18-8)19(12,15)16/h4-5H,6-7H2,1-3H3,(H,13,14)(H2,12,15,16). The summed E-state index contributed by atoms with van der Waals surface area (Å²) in [4.78, 5) is 12.2. The third kappa shape index (κ3) is 6.15. The molecule has 0 aliphatic carbocycles. The Morgan fingerprint density at radius 1 is 1.42 bits per heavy atom. The molecule has 1 aromatic rings. The van der Waals surface area contributed by atoms with Gasteiger partial charge < -0.3 is 10.1 Å². The van der Waals surface area contributed by atoms with Crippen LogP contribution in [0, 0.1) is 0 Å². The fourth-order valence-electron chi connectivity index (χ4n) is 1.12. The van der Waals surface area contributed by atoms with Crippen LogP contribution in [0.4, 0.5) is 0 Å². The van der Waals surface area contributed by atoms with Crippen molar-refractivity contribution in [2.45, 2.75) is 37.1 Å². The summed E-state index contributed by atoms with van der Waals surface area (Å²) < 4.78 is 27.6. The van der Waals surface area contributed by atoms with Crippen molar-refractivity contribution in [3.63, 3.8) is 0 Å². The highest BCUT2D eigenvalue weighted by atomic mass is 32.2. The lowest BCUT2D eigenvalue weighted by Gasteiger charge is -2.18. The van der Waals surface area contributed by atoms with Crippen molar-refractivity contribution in [2.24, 2.45) is 5.14 Å². The lowest BCUT2D eigenvalue weighted by atomic mass is 10.2. The Labute approximate surface area is 117 Å². The summed E-state index contributed by atoms with van der Waals surface area (Å²) in [5.74, 6) is -0.250. The predicted molar refractivity (Wildman–Crippen MR) is 73.2 cm³/mol. The zero-order valence-corrected chi connectivity index (χ0v) is 12.7. The Kier molecular flexibility index (Phi) is 5.08. The van der Waals surface area contributed by atoms with Crippen LogP contribution in [0.5, 0.6) is 0 Å². The van der Waals surface area contributed by atoms with Crippen molar-refractivity contribution in [2.75, 3.05) is 6.61 Å². The van der Waals surface area contributed by atoms with Gasteiger partial charge in [0, 0.05) is 4.88 Å². The highest BCUT2D eigenvalue weighted by Gasteiger charge is 2.14. The van der Waals surface area contributed by atoms with Crippen LogP contribution in [0.25, 0.3) is 0 Å². The Morgan fingerprint density at radius 2 is 2.05 bits per heavy atom. The van der Waals surface area contributed by atoms with Crippen LogP contribution in [0.2, 0.25) is 0 Å². The molecule has 0 aliphatic rings. The predicted octanol–water partition coefficient (Wildman–Crippen LogP) is 0.827. The van der Waals surface area contributed by atoms with Gasteiger partial charge in [0.15, 0.2) is 0 Å². The van der Waals surface area contributed by atoms with Crippen molar-refractivity contribution in [3.8, 4) is 0 Å². The summed E-state index contributed by atoms with van der Waals surface area (Å²) in [6, 6.07) is 3.04. The number of carbonyl (C=O) groups excluding carboxylic acids is 1. The summed E-state index contributed by atoms with van der Waals surface area (Å²) in [7, 11) is -3.67. The van der Waals surface area contributed by atoms with E-state index in [0.29, 0.717) is 4.88 Å². The highest BCUT2D eigenvalue weighted by molar-refractivity contribution is 7.91. The molecule has 0 radical (unpaired) electrons. The van der Waals surface area contributed by atoms with Crippen LogP contribution >= 0.6 is 11.3 Å². The third-order valence-electron chi connectivity index (χ3n) is 2.01. The maximum Gasteiger partial charge on any atom is 0.247 e. The molecule has 0 spiro atoms. The van der Waals surface area contributed by atoms with Gasteiger partial charge >= 0.3 is 0 Å². The molecule has 1 heterocycles. The summed E-state index contributed by atoms with van der Waals surface area (Å²) in [5, 5.41) is 7.64. The molecule has 1 amide bonds. The first-order chi connectivity index (χ1) is 8.58. The topological polar surface area (TPSA) is 98.5 Å². The minimum absolute atomic E-state index is 0.0308. The van der Waals surface area contributed by atoms with E-state index in [1.165, 1.54) is 6.07 Å². The van der Waals surface area contributed by atoms with Gasteiger partial charge in [0.05, 0.1) is 12.1 Å². The SMILES string of the molecule is CC(C)(C)OCC(=O)NCc1ccc(S(N)(=O)=O)s1. The zero-order chi connectivity index (χ0) is 14.7. The Morgan fingerprint density at radius 3 is 2.53 bits per heavy atom. The molecular formula is C11H18N2O4S2. The molecule has 6 nitrogen and oxygen atoms in total. The van der Waals surface area contributed by atoms with Gasteiger partial charge in [-0.05, 0) is 32.9 Å². The first-order valence-corrected chi connectivity index (χ1v) is 7.96. The Hall–Kier alpha value is -0.960. The van der Waals surface area contributed by atoms with E-state index in [-0.39, 0.29) is 28.9 Å². The van der Waals surface area contributed by atoms with Crippen molar-refractivity contribution < 1.29 is 17.9 Å². The van der Waals surface area contributed by atoms with E-state index in [9.17, 15) is 13.2 Å². The van der Waals surface area contributed by atoms with E-state index >= 15 is 0 Å². The van der Waals surface area contributed by atoms with Crippen LogP contribution in [0.15, 0.2) is 16.3 Å². The lowest BCUT2D eigenvalue weighted by Crippen LogP contribution is -2.31. The number of thiophene rings is 1. The van der Waals surface area contributed by atoms with Gasteiger partial charge in [0.2, 0.25) is 15.9 Å². The second kappa shape index (κ2) is 6.00. The van der Waals surface area contributed by atoms with Crippen molar-refractivity contribution in [1.82, 2.24) is 5.32 Å². The first kappa shape index (κ1) is 16.1. The average molecular weight is 306 g/mol. The third-order valence-corrected chi connectivity index (χ3v) is 4.54. The van der Waals surface area contributed by atoms with Gasteiger partial charge in [-0.3, -0.25) is 4.79 Å². The fraction of sp³-hybridized carbons (Fsp3) is 0.545. The molecular weight excluding hydrogens is 288 g/mol. The van der Waals surface area contributed by atoms with Crippen LogP contribution in [-0.4, -0.2) is 26.5 Å². The number of carbonyl (C=O) groups is 1. The van der Waals surface area contributed by atoms with Crippen molar-refractivity contribution in [3.05, 3.63) is 17.0 Å². The molecule has 0 fully saturated rings. The van der Waals surface area contributed by atoms with Crippen LogP contribution in [-0.2, 0) is 26.1 Å². The fourth-order valence-corrected chi connectivity index (χ4v) is 2.84. The molecule has 0 atom stereocenters. The number of primary sulfonamides is 1. The average Bonchev–Trinajstić information content (AvgIpc) is 2.70. The molecule has 0 saturated heterocycles. The number of nitrogens with two attached hydrogens (primary N) is 1. The summed E-state index contributed by atoms with van der Waals surface area (Å²) in [5.41, 5.74) is -0.374. The van der Waals surface area contributed by atoms with Crippen LogP contribution in [0.1, 0.15) is 25.6 Å². The number of amides is 1. The van der Waals surface area contributed by atoms with E-state index in [2.05, 4.69) is 5.32 Å². The summed E-state index contributed by atoms with van der Waals surface area (Å²) in [6.45, 7) is 5.80. The van der Waals surface area contributed by atoms with E-state index in [0.717, 1.165) is 11.3 Å². The summed E-state index contributed by atoms with van der Waals surface area (Å²) in [6.07, 6.45) is 0. The molecule has 1 aromatic heterocycles. The second-order valence-corrected chi connectivity index (χ2v) is 7.90. The van der Waals surface area contributed by atoms with E-state index < -0.39 is 10.0 Å². The Bertz CT molecular complexity index is 543. The van der Waals surface area contributed by atoms with E-state index in [1.807, 2.05) is 20.8 Å². The molecule has 0 aliphatic heterocycles. The number of hydrogen-bond acceptors (Lipinski definition) is 5. The molecule has 0 aromatic carbocycles. The monoisotopic (exact) mass is 306 g/mol. The van der Waals surface area contributed by atoms with Gasteiger partial charge in [-0.1, -0.05) is 0 Å². The first-order valence-electron chi connectivity index (χ1n) is 5.60. The zero-order valence-electron chi connectivity index (χ0n) is 11.1. The largest absolute Gasteiger partial charge is 0.366 e. The van der Waals surface area contributed by atoms with Gasteiger partial charge in [0.1, 0.15) is 10.8 Å². The normalized spacial score (nSPS) is 12.4. The minimum Gasteiger partial charge on any atom is -0.366 e. The minimum atomic E-state index is -3.67. The maximum atomic E-state index is 11.5. The molecule has 8 heteroatoms. The van der Waals surface area contributed by atoms with Crippen LogP contribution < -0.4 is 10.5 Å². The number of rotatable bonds is 5. The number of hydrogen-bond donors (Lipinski definition) is 2. The van der Waals surface area contributed by atoms with Gasteiger partial charge in [0.25, 0.3) is 0 Å². The second-order valence-electron chi connectivity index (χ2n) is 4.94. The van der Waals surface area contributed by atoms with Crippen molar-refractivity contribution in [1.29, 1.82) is 0 Å². The number of sulfonamides is 1. The molecule has 0 unspecified atom stereocenters. The van der Waals surface area contributed by atoms with E-state index in [4.69, 9.17) is 9.88 Å². The molecule has 19 heavy (non-hydrogen) atoms. The van der Waals surface area contributed by atoms with Gasteiger partial charge in [-0.15, -0.1) is 11.3 Å². The number of ether oxygens (including phenoxy) is 1. The summed E-state index contributed by atoms with van der Waals surface area (Å²) >= 11 is 1.04. The quantitative estimate of drug-likeness (QED) is 0.841. The lowest BCUT2D eigenvalue weighted by molar-refractivity contribution is -0.130. The number of nitrogens with one attached hydrogen (secondary N) is 1. The Balaban J connectivity index is 2.45. The molecule has 0 saturated carbocycles. The smallest absolute Gasteiger partial charge is 0.247 e. The molecule has 1 rings (SSSR count). The molecule has 108 valence electrons. The van der Waals surface area contributed by atoms with Gasteiger partial charge in [-0.2, -0.15) is 0 Å². The van der Waals surface area contributed by atoms with E-state index in [1.54, 1.807) is 6.07 Å². The van der Waals surface area contributed by atoms with Crippen LogP contribution in [0.3, 0.4) is 0 Å².